The number of nitrogens with zero attached hydrogens (tertiary/aromatic N) is 2. The van der Waals surface area contributed by atoms with Crippen LogP contribution in [-0.4, -0.2) is 37.2 Å². The van der Waals surface area contributed by atoms with Crippen LogP contribution in [0.5, 0.6) is 0 Å². The molecule has 23 heavy (non-hydrogen) atoms. The summed E-state index contributed by atoms with van der Waals surface area (Å²) < 4.78 is 0. The third-order valence-corrected chi connectivity index (χ3v) is 5.00. The first kappa shape index (κ1) is 16.7. The van der Waals surface area contributed by atoms with E-state index in [0.29, 0.717) is 12.0 Å². The first-order valence-corrected chi connectivity index (χ1v) is 8.93. The van der Waals surface area contributed by atoms with E-state index >= 15 is 0 Å². The fourth-order valence-electron chi connectivity index (χ4n) is 3.74. The van der Waals surface area contributed by atoms with Gasteiger partial charge in [-0.1, -0.05) is 20.8 Å². The number of nitrogens with one attached hydrogen (secondary N) is 3. The Hall–Kier alpha value is -1.17. The molecule has 3 rings (SSSR count). The lowest BCUT2D eigenvalue weighted by Crippen LogP contribution is -2.44. The smallest absolute Gasteiger partial charge is 0.128 e. The first-order valence-electron chi connectivity index (χ1n) is 8.93. The number of hydrogen-bond acceptors (Lipinski definition) is 5. The fourth-order valence-corrected chi connectivity index (χ4v) is 3.74. The highest BCUT2D eigenvalue weighted by atomic mass is 15.4. The summed E-state index contributed by atoms with van der Waals surface area (Å²) in [6, 6.07) is 4.87. The highest BCUT2D eigenvalue weighted by Crippen LogP contribution is 2.27. The molecule has 5 heteroatoms. The summed E-state index contributed by atoms with van der Waals surface area (Å²) in [5, 5.41) is 3.64. The molecule has 1 aromatic heterocycles. The summed E-state index contributed by atoms with van der Waals surface area (Å²) in [7, 11) is 0. The number of anilines is 1. The van der Waals surface area contributed by atoms with Crippen molar-refractivity contribution in [3.63, 3.8) is 0 Å². The third kappa shape index (κ3) is 4.22. The monoisotopic (exact) mass is 317 g/mol. The zero-order chi connectivity index (χ0) is 16.3. The van der Waals surface area contributed by atoms with E-state index in [1.165, 1.54) is 18.4 Å². The van der Waals surface area contributed by atoms with E-state index in [1.807, 2.05) is 6.20 Å². The van der Waals surface area contributed by atoms with Gasteiger partial charge in [0.25, 0.3) is 0 Å². The molecule has 0 aromatic carbocycles. The van der Waals surface area contributed by atoms with E-state index in [0.717, 1.165) is 38.5 Å². The van der Waals surface area contributed by atoms with Crippen molar-refractivity contribution in [3.05, 3.63) is 23.9 Å². The maximum Gasteiger partial charge on any atom is 0.128 e. The molecule has 1 aromatic rings. The Kier molecular flexibility index (Phi) is 5.19. The van der Waals surface area contributed by atoms with Crippen LogP contribution in [0, 0.1) is 11.3 Å². The van der Waals surface area contributed by atoms with Gasteiger partial charge in [-0.15, -0.1) is 0 Å². The van der Waals surface area contributed by atoms with E-state index < -0.39 is 0 Å². The SMILES string of the molecule is CC(C)(C)C1NNCC1CNCc1ccnc(N2CCCC2)c1. The van der Waals surface area contributed by atoms with E-state index in [-0.39, 0.29) is 5.41 Å². The van der Waals surface area contributed by atoms with Gasteiger partial charge in [0.1, 0.15) is 5.82 Å². The molecule has 0 bridgehead atoms. The molecule has 0 spiro atoms. The highest BCUT2D eigenvalue weighted by Gasteiger charge is 2.35. The van der Waals surface area contributed by atoms with Crippen molar-refractivity contribution in [3.8, 4) is 0 Å². The Morgan fingerprint density at radius 1 is 1.30 bits per heavy atom. The van der Waals surface area contributed by atoms with Crippen molar-refractivity contribution in [1.29, 1.82) is 0 Å². The molecule has 0 aliphatic carbocycles. The van der Waals surface area contributed by atoms with Crippen molar-refractivity contribution >= 4 is 5.82 Å². The van der Waals surface area contributed by atoms with Gasteiger partial charge in [0.2, 0.25) is 0 Å². The summed E-state index contributed by atoms with van der Waals surface area (Å²) in [5.74, 6) is 1.76. The molecule has 2 fully saturated rings. The minimum Gasteiger partial charge on any atom is -0.357 e. The van der Waals surface area contributed by atoms with Gasteiger partial charge in [-0.25, -0.2) is 4.98 Å². The van der Waals surface area contributed by atoms with Gasteiger partial charge in [-0.2, -0.15) is 0 Å². The van der Waals surface area contributed by atoms with Gasteiger partial charge in [-0.3, -0.25) is 10.9 Å². The van der Waals surface area contributed by atoms with Crippen LogP contribution in [0.15, 0.2) is 18.3 Å². The maximum absolute atomic E-state index is 4.53. The predicted octanol–water partition coefficient (Wildman–Crippen LogP) is 1.91. The van der Waals surface area contributed by atoms with Crippen LogP contribution in [0.1, 0.15) is 39.2 Å². The standard InChI is InChI=1S/C18H31N5/c1-18(2,3)17-15(13-21-22-17)12-19-11-14-6-7-20-16(10-14)23-8-4-5-9-23/h6-7,10,15,17,19,21-22H,4-5,8-9,11-13H2,1-3H3. The Morgan fingerprint density at radius 3 is 2.83 bits per heavy atom. The number of aromatic nitrogens is 1. The Labute approximate surface area is 140 Å². The maximum atomic E-state index is 4.53. The van der Waals surface area contributed by atoms with Crippen molar-refractivity contribution < 1.29 is 0 Å². The minimum atomic E-state index is 0.273. The molecule has 3 heterocycles. The normalized spacial score (nSPS) is 25.3. The van der Waals surface area contributed by atoms with Crippen LogP contribution in [0.3, 0.4) is 0 Å². The van der Waals surface area contributed by atoms with E-state index in [4.69, 9.17) is 0 Å². The summed E-state index contributed by atoms with van der Waals surface area (Å²) in [4.78, 5) is 6.92. The number of pyridine rings is 1. The molecule has 5 nitrogen and oxygen atoms in total. The predicted molar refractivity (Wildman–Crippen MR) is 95.3 cm³/mol. The topological polar surface area (TPSA) is 52.2 Å². The minimum absolute atomic E-state index is 0.273. The van der Waals surface area contributed by atoms with Gasteiger partial charge >= 0.3 is 0 Å². The van der Waals surface area contributed by atoms with Gasteiger partial charge in [-0.05, 0) is 36.0 Å². The molecule has 2 aliphatic heterocycles. The largest absolute Gasteiger partial charge is 0.357 e. The lowest BCUT2D eigenvalue weighted by atomic mass is 9.80. The molecule has 0 saturated carbocycles. The second kappa shape index (κ2) is 7.16. The van der Waals surface area contributed by atoms with Gasteiger partial charge in [0.05, 0.1) is 0 Å². The quantitative estimate of drug-likeness (QED) is 0.774. The zero-order valence-corrected chi connectivity index (χ0v) is 14.7. The van der Waals surface area contributed by atoms with Crippen molar-refractivity contribution in [2.45, 2.75) is 46.2 Å². The summed E-state index contributed by atoms with van der Waals surface area (Å²) >= 11 is 0. The lowest BCUT2D eigenvalue weighted by molar-refractivity contribution is 0.235. The summed E-state index contributed by atoms with van der Waals surface area (Å²) in [5.41, 5.74) is 8.35. The van der Waals surface area contributed by atoms with E-state index in [2.05, 4.69) is 59.0 Å². The van der Waals surface area contributed by atoms with Crippen LogP contribution in [0.4, 0.5) is 5.82 Å². The van der Waals surface area contributed by atoms with E-state index in [1.54, 1.807) is 0 Å². The summed E-state index contributed by atoms with van der Waals surface area (Å²) in [6.07, 6.45) is 4.53. The van der Waals surface area contributed by atoms with Crippen LogP contribution in [-0.2, 0) is 6.54 Å². The lowest BCUT2D eigenvalue weighted by Gasteiger charge is -2.31. The van der Waals surface area contributed by atoms with Gasteiger partial charge in [0, 0.05) is 50.9 Å². The molecular formula is C18H31N5. The fraction of sp³-hybridized carbons (Fsp3) is 0.722. The summed E-state index contributed by atoms with van der Waals surface area (Å²) in [6.45, 7) is 12.2. The Morgan fingerprint density at radius 2 is 2.09 bits per heavy atom. The molecule has 2 saturated heterocycles. The number of hydrazine groups is 1. The molecule has 0 radical (unpaired) electrons. The molecule has 2 unspecified atom stereocenters. The first-order chi connectivity index (χ1) is 11.0. The molecular weight excluding hydrogens is 286 g/mol. The second-order valence-electron chi connectivity index (χ2n) is 7.98. The van der Waals surface area contributed by atoms with Gasteiger partial charge < -0.3 is 10.2 Å². The highest BCUT2D eigenvalue weighted by molar-refractivity contribution is 5.41. The number of rotatable bonds is 5. The van der Waals surface area contributed by atoms with Crippen LogP contribution in [0.2, 0.25) is 0 Å². The van der Waals surface area contributed by atoms with Gasteiger partial charge in [0.15, 0.2) is 0 Å². The number of hydrogen-bond donors (Lipinski definition) is 3. The molecule has 2 aliphatic rings. The van der Waals surface area contributed by atoms with Crippen molar-refractivity contribution in [1.82, 2.24) is 21.2 Å². The van der Waals surface area contributed by atoms with Crippen molar-refractivity contribution in [2.75, 3.05) is 31.1 Å². The Balaban J connectivity index is 1.51. The Bertz CT molecular complexity index is 504. The molecule has 3 N–H and O–H groups in total. The zero-order valence-electron chi connectivity index (χ0n) is 14.7. The molecule has 2 atom stereocenters. The average molecular weight is 317 g/mol. The third-order valence-electron chi connectivity index (χ3n) is 5.00. The van der Waals surface area contributed by atoms with E-state index in [9.17, 15) is 0 Å². The van der Waals surface area contributed by atoms with Crippen LogP contribution < -0.4 is 21.1 Å². The molecule has 128 valence electrons. The molecule has 0 amide bonds. The van der Waals surface area contributed by atoms with Crippen molar-refractivity contribution in [2.24, 2.45) is 11.3 Å². The van der Waals surface area contributed by atoms with Crippen LogP contribution >= 0.6 is 0 Å². The van der Waals surface area contributed by atoms with Crippen LogP contribution in [0.25, 0.3) is 0 Å². The average Bonchev–Trinajstić information content (AvgIpc) is 3.18. The second-order valence-corrected chi connectivity index (χ2v) is 7.98.